The Labute approximate surface area is 72.8 Å². The highest BCUT2D eigenvalue weighted by Crippen LogP contribution is 1.99. The van der Waals surface area contributed by atoms with E-state index in [1.165, 1.54) is 5.56 Å². The van der Waals surface area contributed by atoms with Gasteiger partial charge < -0.3 is 4.74 Å². The van der Waals surface area contributed by atoms with E-state index in [0.29, 0.717) is 5.94 Å². The van der Waals surface area contributed by atoms with Gasteiger partial charge >= 0.3 is 0 Å². The van der Waals surface area contributed by atoms with E-state index in [4.69, 9.17) is 4.74 Å². The summed E-state index contributed by atoms with van der Waals surface area (Å²) in [6.07, 6.45) is 0.956. The molecule has 0 atom stereocenters. The van der Waals surface area contributed by atoms with Crippen molar-refractivity contribution in [3.05, 3.63) is 35.9 Å². The van der Waals surface area contributed by atoms with Crippen molar-refractivity contribution in [3.63, 3.8) is 0 Å². The maximum Gasteiger partial charge on any atom is 0.102 e. The Morgan fingerprint density at radius 3 is 2.55 bits per heavy atom. The van der Waals surface area contributed by atoms with Crippen molar-refractivity contribution in [1.29, 1.82) is 0 Å². The SMILES string of the molecule is [S]COCCc1ccccc1. The van der Waals surface area contributed by atoms with Crippen molar-refractivity contribution in [2.45, 2.75) is 6.42 Å². The molecule has 0 saturated carbocycles. The minimum atomic E-state index is 0.396. The van der Waals surface area contributed by atoms with Crippen molar-refractivity contribution < 1.29 is 4.74 Å². The van der Waals surface area contributed by atoms with E-state index in [-0.39, 0.29) is 0 Å². The van der Waals surface area contributed by atoms with Gasteiger partial charge in [-0.15, -0.1) is 0 Å². The molecule has 2 heteroatoms. The summed E-state index contributed by atoms with van der Waals surface area (Å²) in [5.74, 6) is 0.396. The van der Waals surface area contributed by atoms with E-state index < -0.39 is 0 Å². The molecular weight excluding hydrogens is 156 g/mol. The number of hydrogen-bond acceptors (Lipinski definition) is 1. The fourth-order valence-corrected chi connectivity index (χ4v) is 1.01. The molecule has 0 aromatic heterocycles. The Bertz CT molecular complexity index is 186. The summed E-state index contributed by atoms with van der Waals surface area (Å²) < 4.78 is 5.05. The molecule has 0 unspecified atom stereocenters. The molecule has 0 aliphatic heterocycles. The molecule has 1 aromatic carbocycles. The topological polar surface area (TPSA) is 9.23 Å². The Morgan fingerprint density at radius 2 is 1.91 bits per heavy atom. The zero-order chi connectivity index (χ0) is 7.94. The van der Waals surface area contributed by atoms with Crippen LogP contribution in [-0.4, -0.2) is 12.5 Å². The quantitative estimate of drug-likeness (QED) is 0.626. The lowest BCUT2D eigenvalue weighted by Gasteiger charge is -1.99. The Balaban J connectivity index is 2.28. The van der Waals surface area contributed by atoms with E-state index in [1.807, 2.05) is 18.2 Å². The number of rotatable bonds is 4. The van der Waals surface area contributed by atoms with Gasteiger partial charge in [-0.3, -0.25) is 0 Å². The smallest absolute Gasteiger partial charge is 0.102 e. The van der Waals surface area contributed by atoms with Crippen LogP contribution in [0.1, 0.15) is 5.56 Å². The van der Waals surface area contributed by atoms with Crippen molar-refractivity contribution in [1.82, 2.24) is 0 Å². The van der Waals surface area contributed by atoms with Gasteiger partial charge in [0.05, 0.1) is 6.61 Å². The lowest BCUT2D eigenvalue weighted by atomic mass is 10.2. The first kappa shape index (κ1) is 8.62. The van der Waals surface area contributed by atoms with Gasteiger partial charge in [0.1, 0.15) is 5.94 Å². The molecule has 1 aromatic rings. The molecule has 0 spiro atoms. The summed E-state index contributed by atoms with van der Waals surface area (Å²) in [6, 6.07) is 10.3. The van der Waals surface area contributed by atoms with Crippen LogP contribution in [0.25, 0.3) is 0 Å². The molecule has 1 rings (SSSR count). The standard InChI is InChI=1S/C9H11OS/c11-8-10-7-6-9-4-2-1-3-5-9/h1-5H,6-8H2. The zero-order valence-corrected chi connectivity index (χ0v) is 7.14. The summed E-state index contributed by atoms with van der Waals surface area (Å²) in [4.78, 5) is 0. The number of hydrogen-bond donors (Lipinski definition) is 0. The first-order valence-corrected chi connectivity index (χ1v) is 4.21. The van der Waals surface area contributed by atoms with Crippen LogP contribution in [0, 0.1) is 0 Å². The molecule has 1 radical (unpaired) electrons. The normalized spacial score (nSPS) is 9.91. The summed E-state index contributed by atoms with van der Waals surface area (Å²) >= 11 is 4.65. The Hall–Kier alpha value is -0.470. The molecule has 59 valence electrons. The molecule has 0 saturated heterocycles. The second-order valence-corrected chi connectivity index (χ2v) is 2.50. The number of benzene rings is 1. The van der Waals surface area contributed by atoms with E-state index in [9.17, 15) is 0 Å². The maximum atomic E-state index is 5.05. The van der Waals surface area contributed by atoms with Crippen LogP contribution in [0.3, 0.4) is 0 Å². The van der Waals surface area contributed by atoms with Gasteiger partial charge in [0.15, 0.2) is 0 Å². The lowest BCUT2D eigenvalue weighted by Crippen LogP contribution is -1.95. The van der Waals surface area contributed by atoms with Crippen molar-refractivity contribution in [2.75, 3.05) is 12.5 Å². The number of ether oxygens (including phenoxy) is 1. The largest absolute Gasteiger partial charge is 0.370 e. The molecule has 0 amide bonds. The highest BCUT2D eigenvalue weighted by atomic mass is 32.1. The van der Waals surface area contributed by atoms with Gasteiger partial charge in [0, 0.05) is 0 Å². The molecule has 11 heavy (non-hydrogen) atoms. The lowest BCUT2D eigenvalue weighted by molar-refractivity contribution is 0.187. The molecule has 0 N–H and O–H groups in total. The van der Waals surface area contributed by atoms with E-state index in [1.54, 1.807) is 0 Å². The van der Waals surface area contributed by atoms with Crippen molar-refractivity contribution >= 4 is 12.6 Å². The minimum absolute atomic E-state index is 0.396. The van der Waals surface area contributed by atoms with Gasteiger partial charge in [0.2, 0.25) is 0 Å². The van der Waals surface area contributed by atoms with Gasteiger partial charge in [-0.05, 0) is 12.0 Å². The van der Waals surface area contributed by atoms with Crippen LogP contribution >= 0.6 is 12.6 Å². The molecule has 0 aliphatic rings. The third-order valence-corrected chi connectivity index (χ3v) is 1.63. The summed E-state index contributed by atoms with van der Waals surface area (Å²) in [6.45, 7) is 0.730. The van der Waals surface area contributed by atoms with Crippen LogP contribution in [0.15, 0.2) is 30.3 Å². The first-order chi connectivity index (χ1) is 5.43. The predicted molar refractivity (Wildman–Crippen MR) is 48.6 cm³/mol. The molecule has 0 heterocycles. The third-order valence-electron chi connectivity index (χ3n) is 1.46. The predicted octanol–water partition coefficient (Wildman–Crippen LogP) is 2.40. The monoisotopic (exact) mass is 167 g/mol. The fraction of sp³-hybridized carbons (Fsp3) is 0.333. The van der Waals surface area contributed by atoms with E-state index in [2.05, 4.69) is 24.8 Å². The van der Waals surface area contributed by atoms with Crippen molar-refractivity contribution in [2.24, 2.45) is 0 Å². The molecule has 0 fully saturated rings. The van der Waals surface area contributed by atoms with Crippen LogP contribution in [0.4, 0.5) is 0 Å². The first-order valence-electron chi connectivity index (χ1n) is 3.63. The van der Waals surface area contributed by atoms with Crippen molar-refractivity contribution in [3.8, 4) is 0 Å². The van der Waals surface area contributed by atoms with Crippen LogP contribution in [-0.2, 0) is 11.2 Å². The molecular formula is C9H11OS. The van der Waals surface area contributed by atoms with Crippen LogP contribution in [0.5, 0.6) is 0 Å². The van der Waals surface area contributed by atoms with Crippen LogP contribution in [0.2, 0.25) is 0 Å². The summed E-state index contributed by atoms with van der Waals surface area (Å²) in [5.41, 5.74) is 1.30. The summed E-state index contributed by atoms with van der Waals surface area (Å²) in [7, 11) is 0. The van der Waals surface area contributed by atoms with Gasteiger partial charge in [-0.1, -0.05) is 43.0 Å². The highest BCUT2D eigenvalue weighted by Gasteiger charge is 1.89. The van der Waals surface area contributed by atoms with Gasteiger partial charge in [-0.25, -0.2) is 0 Å². The van der Waals surface area contributed by atoms with Crippen LogP contribution < -0.4 is 0 Å². The zero-order valence-electron chi connectivity index (χ0n) is 6.32. The van der Waals surface area contributed by atoms with Gasteiger partial charge in [0.25, 0.3) is 0 Å². The average molecular weight is 167 g/mol. The molecule has 0 aliphatic carbocycles. The Morgan fingerprint density at radius 1 is 1.18 bits per heavy atom. The minimum Gasteiger partial charge on any atom is -0.370 e. The second-order valence-electron chi connectivity index (χ2n) is 2.26. The van der Waals surface area contributed by atoms with Gasteiger partial charge in [-0.2, -0.15) is 0 Å². The Kier molecular flexibility index (Phi) is 4.09. The maximum absolute atomic E-state index is 5.05. The fourth-order valence-electron chi connectivity index (χ4n) is 0.894. The third kappa shape index (κ3) is 3.44. The second kappa shape index (κ2) is 5.22. The van der Waals surface area contributed by atoms with E-state index in [0.717, 1.165) is 13.0 Å². The molecule has 1 nitrogen and oxygen atoms in total. The van der Waals surface area contributed by atoms with E-state index >= 15 is 0 Å². The summed E-state index contributed by atoms with van der Waals surface area (Å²) in [5, 5.41) is 0. The average Bonchev–Trinajstić information content (AvgIpc) is 2.07. The highest BCUT2D eigenvalue weighted by molar-refractivity contribution is 7.80. The molecule has 0 bridgehead atoms.